The van der Waals surface area contributed by atoms with Crippen LogP contribution < -0.4 is 0 Å². The van der Waals surface area contributed by atoms with Gasteiger partial charge in [-0.1, -0.05) is 58.9 Å². The number of hydrogen-bond donors (Lipinski definition) is 0. The van der Waals surface area contributed by atoms with E-state index in [9.17, 15) is 0 Å². The van der Waals surface area contributed by atoms with Crippen molar-refractivity contribution in [1.29, 1.82) is 0 Å². The molecule has 1 aliphatic carbocycles. The Labute approximate surface area is 111 Å². The molecular formula is C14H26BNP. The molecule has 0 heterocycles. The zero-order valence-corrected chi connectivity index (χ0v) is 12.9. The van der Waals surface area contributed by atoms with E-state index in [2.05, 4.69) is 63.6 Å². The van der Waals surface area contributed by atoms with Crippen molar-refractivity contribution in [3.63, 3.8) is 0 Å². The van der Waals surface area contributed by atoms with E-state index < -0.39 is 0 Å². The average molecular weight is 250 g/mol. The van der Waals surface area contributed by atoms with Gasteiger partial charge < -0.3 is 0 Å². The lowest BCUT2D eigenvalue weighted by molar-refractivity contribution is 0.487. The van der Waals surface area contributed by atoms with Gasteiger partial charge >= 0.3 is 0 Å². The molecule has 0 aromatic carbocycles. The predicted octanol–water partition coefficient (Wildman–Crippen LogP) is 4.03. The normalized spacial score (nSPS) is 18.2. The van der Waals surface area contributed by atoms with Gasteiger partial charge in [-0.15, -0.1) is 0 Å². The van der Waals surface area contributed by atoms with E-state index in [0.29, 0.717) is 10.8 Å². The molecule has 0 spiro atoms. The van der Waals surface area contributed by atoms with Crippen LogP contribution >= 0.6 is 8.07 Å². The SMILES string of the molecule is CCN(CC)P(C1C=CCC=C1)C(C)(C)C.[B]. The molecule has 0 fully saturated rings. The van der Waals surface area contributed by atoms with Gasteiger partial charge in [0.2, 0.25) is 0 Å². The van der Waals surface area contributed by atoms with Crippen molar-refractivity contribution < 1.29 is 0 Å². The summed E-state index contributed by atoms with van der Waals surface area (Å²) in [6.45, 7) is 14.0. The van der Waals surface area contributed by atoms with Crippen LogP contribution in [-0.4, -0.2) is 37.0 Å². The van der Waals surface area contributed by atoms with Crippen molar-refractivity contribution in [2.75, 3.05) is 13.1 Å². The molecule has 95 valence electrons. The van der Waals surface area contributed by atoms with Crippen molar-refractivity contribution in [3.8, 4) is 0 Å². The van der Waals surface area contributed by atoms with Crippen molar-refractivity contribution in [2.45, 2.75) is 51.9 Å². The monoisotopic (exact) mass is 250 g/mol. The first-order chi connectivity index (χ1) is 7.50. The molecule has 0 bridgehead atoms. The number of allylic oxidation sites excluding steroid dienone is 4. The van der Waals surface area contributed by atoms with Gasteiger partial charge in [0.25, 0.3) is 0 Å². The second kappa shape index (κ2) is 7.39. The third-order valence-electron chi connectivity index (χ3n) is 2.94. The first-order valence-electron chi connectivity index (χ1n) is 6.38. The van der Waals surface area contributed by atoms with E-state index in [4.69, 9.17) is 0 Å². The second-order valence-electron chi connectivity index (χ2n) is 5.24. The fraction of sp³-hybridized carbons (Fsp3) is 0.714. The van der Waals surface area contributed by atoms with Crippen LogP contribution in [0.25, 0.3) is 0 Å². The summed E-state index contributed by atoms with van der Waals surface area (Å²) in [4.78, 5) is 0. The molecule has 0 aromatic rings. The van der Waals surface area contributed by atoms with Gasteiger partial charge in [-0.3, -0.25) is 4.67 Å². The standard InChI is InChI=1S/C14H26NP.B/c1-6-15(7-2)16(14(3,4)5)13-11-9-8-10-12-13;/h9-13H,6-8H2,1-5H3;. The van der Waals surface area contributed by atoms with Gasteiger partial charge in [0, 0.05) is 14.1 Å². The lowest BCUT2D eigenvalue weighted by Crippen LogP contribution is -2.31. The highest BCUT2D eigenvalue weighted by molar-refractivity contribution is 7.58. The lowest BCUT2D eigenvalue weighted by Gasteiger charge is -2.43. The number of hydrogen-bond acceptors (Lipinski definition) is 1. The van der Waals surface area contributed by atoms with Crippen LogP contribution in [0.4, 0.5) is 0 Å². The molecule has 1 unspecified atom stereocenters. The number of rotatable bonds is 4. The first kappa shape index (κ1) is 16.9. The zero-order chi connectivity index (χ0) is 12.2. The Balaban J connectivity index is 0.00000256. The highest BCUT2D eigenvalue weighted by atomic mass is 31.1. The molecule has 0 amide bonds. The fourth-order valence-corrected chi connectivity index (χ4v) is 5.63. The highest BCUT2D eigenvalue weighted by Gasteiger charge is 2.33. The van der Waals surface area contributed by atoms with Crippen LogP contribution in [0, 0.1) is 0 Å². The van der Waals surface area contributed by atoms with Gasteiger partial charge in [-0.2, -0.15) is 0 Å². The summed E-state index contributed by atoms with van der Waals surface area (Å²) in [5.41, 5.74) is 0.642. The van der Waals surface area contributed by atoms with Gasteiger partial charge in [-0.25, -0.2) is 0 Å². The molecule has 0 aliphatic heterocycles. The van der Waals surface area contributed by atoms with Crippen molar-refractivity contribution in [1.82, 2.24) is 4.67 Å². The summed E-state index contributed by atoms with van der Waals surface area (Å²) < 4.78 is 2.65. The molecule has 0 aromatic heterocycles. The van der Waals surface area contributed by atoms with E-state index in [-0.39, 0.29) is 16.5 Å². The van der Waals surface area contributed by atoms with Crippen LogP contribution in [0.3, 0.4) is 0 Å². The second-order valence-corrected chi connectivity index (χ2v) is 8.43. The summed E-state index contributed by atoms with van der Waals surface area (Å²) in [5, 5.41) is 0.387. The van der Waals surface area contributed by atoms with Gasteiger partial charge in [0.05, 0.1) is 0 Å². The average Bonchev–Trinajstić information content (AvgIpc) is 2.25. The minimum absolute atomic E-state index is 0. The molecule has 3 heteroatoms. The van der Waals surface area contributed by atoms with E-state index in [1.807, 2.05) is 0 Å². The molecular weight excluding hydrogens is 224 g/mol. The van der Waals surface area contributed by atoms with Crippen LogP contribution in [0.1, 0.15) is 41.0 Å². The third kappa shape index (κ3) is 4.60. The highest BCUT2D eigenvalue weighted by Crippen LogP contribution is 2.57. The molecule has 1 nitrogen and oxygen atoms in total. The molecule has 1 rings (SSSR count). The molecule has 0 N–H and O–H groups in total. The molecule has 0 saturated heterocycles. The van der Waals surface area contributed by atoms with E-state index >= 15 is 0 Å². The van der Waals surface area contributed by atoms with Crippen molar-refractivity contribution in [2.24, 2.45) is 0 Å². The molecule has 17 heavy (non-hydrogen) atoms. The summed E-state index contributed by atoms with van der Waals surface area (Å²) in [6.07, 6.45) is 10.6. The van der Waals surface area contributed by atoms with Crippen LogP contribution in [0.2, 0.25) is 0 Å². The third-order valence-corrected chi connectivity index (χ3v) is 6.40. The quantitative estimate of drug-likeness (QED) is 0.413. The maximum absolute atomic E-state index is 2.65. The Morgan fingerprint density at radius 2 is 1.59 bits per heavy atom. The topological polar surface area (TPSA) is 3.24 Å². The van der Waals surface area contributed by atoms with E-state index in [0.717, 1.165) is 19.5 Å². The smallest absolute Gasteiger partial charge is 0.0288 e. The molecule has 3 radical (unpaired) electrons. The fourth-order valence-electron chi connectivity index (χ4n) is 2.33. The minimum Gasteiger partial charge on any atom is -0.281 e. The van der Waals surface area contributed by atoms with E-state index in [1.165, 1.54) is 0 Å². The Hall–Kier alpha value is -0.0651. The molecule has 0 saturated carbocycles. The Kier molecular flexibility index (Phi) is 7.36. The summed E-state index contributed by atoms with van der Waals surface area (Å²) in [7, 11) is -0.124. The maximum atomic E-state index is 2.65. The van der Waals surface area contributed by atoms with Gasteiger partial charge in [0.15, 0.2) is 0 Å². The lowest BCUT2D eigenvalue weighted by atomic mass is 10.2. The molecule has 1 aliphatic rings. The van der Waals surface area contributed by atoms with Crippen molar-refractivity contribution >= 4 is 16.5 Å². The van der Waals surface area contributed by atoms with Crippen LogP contribution in [0.5, 0.6) is 0 Å². The Bertz CT molecular complexity index is 252. The summed E-state index contributed by atoms with van der Waals surface area (Å²) in [5.74, 6) is 0. The Morgan fingerprint density at radius 1 is 1.12 bits per heavy atom. The molecule has 1 atom stereocenters. The minimum atomic E-state index is -0.124. The van der Waals surface area contributed by atoms with Crippen molar-refractivity contribution in [3.05, 3.63) is 24.3 Å². The largest absolute Gasteiger partial charge is 0.281 e. The summed E-state index contributed by atoms with van der Waals surface area (Å²) >= 11 is 0. The van der Waals surface area contributed by atoms with E-state index in [1.54, 1.807) is 0 Å². The summed E-state index contributed by atoms with van der Waals surface area (Å²) in [6, 6.07) is 0. The maximum Gasteiger partial charge on any atom is 0.0288 e. The predicted molar refractivity (Wildman–Crippen MR) is 82.0 cm³/mol. The van der Waals surface area contributed by atoms with Crippen LogP contribution in [0.15, 0.2) is 24.3 Å². The Morgan fingerprint density at radius 3 is 1.94 bits per heavy atom. The van der Waals surface area contributed by atoms with Gasteiger partial charge in [-0.05, 0) is 32.7 Å². The first-order valence-corrected chi connectivity index (χ1v) is 7.74. The zero-order valence-electron chi connectivity index (χ0n) is 12.0. The van der Waals surface area contributed by atoms with Crippen LogP contribution in [-0.2, 0) is 0 Å². The van der Waals surface area contributed by atoms with Gasteiger partial charge in [0.1, 0.15) is 0 Å². The number of nitrogens with zero attached hydrogens (tertiary/aromatic N) is 1.